The van der Waals surface area contributed by atoms with Gasteiger partial charge in [0.05, 0.1) is 6.61 Å². The van der Waals surface area contributed by atoms with Gasteiger partial charge >= 0.3 is 5.97 Å². The van der Waals surface area contributed by atoms with Gasteiger partial charge in [-0.15, -0.1) is 0 Å². The zero-order valence-corrected chi connectivity index (χ0v) is 11.0. The fraction of sp³-hybridized carbons (Fsp3) is 0.500. The van der Waals surface area contributed by atoms with E-state index in [4.69, 9.17) is 4.74 Å². The van der Waals surface area contributed by atoms with Crippen molar-refractivity contribution in [2.45, 2.75) is 26.5 Å². The van der Waals surface area contributed by atoms with Crippen molar-refractivity contribution in [1.29, 1.82) is 0 Å². The summed E-state index contributed by atoms with van der Waals surface area (Å²) < 4.78 is 5.23. The normalized spacial score (nSPS) is 12.4. The number of esters is 1. The second-order valence-electron chi connectivity index (χ2n) is 4.01. The Bertz CT molecular complexity index is 349. The van der Waals surface area contributed by atoms with E-state index in [-0.39, 0.29) is 19.2 Å². The van der Waals surface area contributed by atoms with Gasteiger partial charge in [-0.2, -0.15) is 0 Å². The van der Waals surface area contributed by atoms with Crippen molar-refractivity contribution >= 4 is 5.97 Å². The molecule has 1 aromatic carbocycles. The number of hydrogen-bond acceptors (Lipinski definition) is 4. The van der Waals surface area contributed by atoms with Gasteiger partial charge in [-0.3, -0.25) is 9.69 Å². The van der Waals surface area contributed by atoms with Crippen LogP contribution in [0.1, 0.15) is 19.4 Å². The molecule has 0 aliphatic carbocycles. The third-order valence-electron chi connectivity index (χ3n) is 2.92. The van der Waals surface area contributed by atoms with E-state index in [0.29, 0.717) is 13.1 Å². The van der Waals surface area contributed by atoms with Gasteiger partial charge in [0.2, 0.25) is 0 Å². The second kappa shape index (κ2) is 7.84. The van der Waals surface area contributed by atoms with Crippen LogP contribution in [0.15, 0.2) is 30.3 Å². The average molecular weight is 251 g/mol. The number of carbonyl (C=O) groups is 1. The molecule has 0 saturated carbocycles. The van der Waals surface area contributed by atoms with E-state index in [9.17, 15) is 9.90 Å². The van der Waals surface area contributed by atoms with Crippen molar-refractivity contribution in [2.75, 3.05) is 19.7 Å². The van der Waals surface area contributed by atoms with Crippen LogP contribution in [0.5, 0.6) is 0 Å². The summed E-state index contributed by atoms with van der Waals surface area (Å²) in [6, 6.07) is 8.95. The smallest absolute Gasteiger partial charge is 0.326 e. The number of carbonyl (C=O) groups excluding carboxylic acids is 1. The first kappa shape index (κ1) is 14.7. The highest BCUT2D eigenvalue weighted by molar-refractivity contribution is 5.75. The van der Waals surface area contributed by atoms with Gasteiger partial charge in [-0.25, -0.2) is 0 Å². The number of benzene rings is 1. The van der Waals surface area contributed by atoms with E-state index in [1.807, 2.05) is 49.1 Å². The molecule has 0 aliphatic heterocycles. The lowest BCUT2D eigenvalue weighted by atomic mass is 10.2. The standard InChI is InChI=1S/C14H21NO3/c1-3-15(4-2)13(10-16)14(17)18-11-12-8-6-5-7-9-12/h5-9,13,16H,3-4,10-11H2,1-2H3/t13-/m1/s1. The molecular weight excluding hydrogens is 230 g/mol. The maximum Gasteiger partial charge on any atom is 0.326 e. The maximum atomic E-state index is 11.9. The van der Waals surface area contributed by atoms with Crippen LogP contribution in [0.2, 0.25) is 0 Å². The zero-order valence-electron chi connectivity index (χ0n) is 11.0. The Morgan fingerprint density at radius 3 is 2.39 bits per heavy atom. The Labute approximate surface area is 108 Å². The number of hydrogen-bond donors (Lipinski definition) is 1. The van der Waals surface area contributed by atoms with Gasteiger partial charge in [-0.05, 0) is 18.7 Å². The first-order valence-corrected chi connectivity index (χ1v) is 6.28. The third-order valence-corrected chi connectivity index (χ3v) is 2.92. The highest BCUT2D eigenvalue weighted by Gasteiger charge is 2.24. The Morgan fingerprint density at radius 1 is 1.28 bits per heavy atom. The van der Waals surface area contributed by atoms with Gasteiger partial charge in [-0.1, -0.05) is 44.2 Å². The molecule has 0 unspecified atom stereocenters. The predicted molar refractivity (Wildman–Crippen MR) is 70.0 cm³/mol. The van der Waals surface area contributed by atoms with Crippen LogP contribution in [0.3, 0.4) is 0 Å². The largest absolute Gasteiger partial charge is 0.460 e. The number of likely N-dealkylation sites (N-methyl/N-ethyl adjacent to an activating group) is 1. The Hall–Kier alpha value is -1.39. The Balaban J connectivity index is 2.52. The van der Waals surface area contributed by atoms with Crippen LogP contribution in [0, 0.1) is 0 Å². The van der Waals surface area contributed by atoms with Crippen molar-refractivity contribution in [1.82, 2.24) is 4.90 Å². The molecule has 0 saturated heterocycles. The quantitative estimate of drug-likeness (QED) is 0.745. The molecule has 0 aliphatic rings. The van der Waals surface area contributed by atoms with Crippen molar-refractivity contribution in [2.24, 2.45) is 0 Å². The molecule has 0 amide bonds. The lowest BCUT2D eigenvalue weighted by Crippen LogP contribution is -2.44. The SMILES string of the molecule is CCN(CC)[C@H](CO)C(=O)OCc1ccccc1. The van der Waals surface area contributed by atoms with Crippen molar-refractivity contribution < 1.29 is 14.6 Å². The lowest BCUT2D eigenvalue weighted by molar-refractivity contribution is -0.152. The summed E-state index contributed by atoms with van der Waals surface area (Å²) >= 11 is 0. The van der Waals surface area contributed by atoms with Gasteiger partial charge in [0.25, 0.3) is 0 Å². The molecule has 1 aromatic rings. The fourth-order valence-corrected chi connectivity index (χ4v) is 1.83. The van der Waals surface area contributed by atoms with E-state index in [1.54, 1.807) is 0 Å². The molecule has 0 aromatic heterocycles. The van der Waals surface area contributed by atoms with Crippen LogP contribution in [-0.4, -0.2) is 41.7 Å². The summed E-state index contributed by atoms with van der Waals surface area (Å²) in [4.78, 5) is 13.8. The van der Waals surface area contributed by atoms with Crippen LogP contribution < -0.4 is 0 Å². The molecule has 0 spiro atoms. The van der Waals surface area contributed by atoms with E-state index in [1.165, 1.54) is 0 Å². The lowest BCUT2D eigenvalue weighted by Gasteiger charge is -2.26. The van der Waals surface area contributed by atoms with Crippen LogP contribution in [0.25, 0.3) is 0 Å². The predicted octanol–water partition coefficient (Wildman–Crippen LogP) is 1.43. The monoisotopic (exact) mass is 251 g/mol. The summed E-state index contributed by atoms with van der Waals surface area (Å²) in [5.74, 6) is -0.370. The molecule has 4 nitrogen and oxygen atoms in total. The van der Waals surface area contributed by atoms with Crippen LogP contribution >= 0.6 is 0 Å². The first-order chi connectivity index (χ1) is 8.72. The minimum absolute atomic E-state index is 0.213. The number of aliphatic hydroxyl groups excluding tert-OH is 1. The number of nitrogens with zero attached hydrogens (tertiary/aromatic N) is 1. The highest BCUT2D eigenvalue weighted by Crippen LogP contribution is 2.05. The molecule has 1 N–H and O–H groups in total. The fourth-order valence-electron chi connectivity index (χ4n) is 1.83. The van der Waals surface area contributed by atoms with Crippen molar-refractivity contribution in [3.05, 3.63) is 35.9 Å². The first-order valence-electron chi connectivity index (χ1n) is 6.28. The van der Waals surface area contributed by atoms with E-state index < -0.39 is 6.04 Å². The van der Waals surface area contributed by atoms with Gasteiger partial charge in [0.15, 0.2) is 0 Å². The molecular formula is C14H21NO3. The van der Waals surface area contributed by atoms with Gasteiger partial charge < -0.3 is 9.84 Å². The molecule has 0 bridgehead atoms. The molecule has 100 valence electrons. The number of aliphatic hydroxyl groups is 1. The van der Waals surface area contributed by atoms with Crippen LogP contribution in [0.4, 0.5) is 0 Å². The second-order valence-corrected chi connectivity index (χ2v) is 4.01. The molecule has 0 fully saturated rings. The zero-order chi connectivity index (χ0) is 13.4. The molecule has 0 heterocycles. The van der Waals surface area contributed by atoms with Gasteiger partial charge in [0, 0.05) is 0 Å². The summed E-state index contributed by atoms with van der Waals surface area (Å²) in [6.07, 6.45) is 0. The molecule has 18 heavy (non-hydrogen) atoms. The minimum atomic E-state index is -0.566. The number of rotatable bonds is 7. The molecule has 0 radical (unpaired) electrons. The molecule has 1 atom stereocenters. The Kier molecular flexibility index (Phi) is 6.39. The topological polar surface area (TPSA) is 49.8 Å². The summed E-state index contributed by atoms with van der Waals surface area (Å²) in [6.45, 7) is 5.37. The third kappa shape index (κ3) is 4.13. The number of ether oxygens (including phenoxy) is 1. The van der Waals surface area contributed by atoms with E-state index in [2.05, 4.69) is 0 Å². The van der Waals surface area contributed by atoms with E-state index >= 15 is 0 Å². The summed E-state index contributed by atoms with van der Waals surface area (Å²) in [5.41, 5.74) is 0.946. The summed E-state index contributed by atoms with van der Waals surface area (Å²) in [7, 11) is 0. The molecule has 1 rings (SSSR count). The maximum absolute atomic E-state index is 11.9. The Morgan fingerprint density at radius 2 is 1.89 bits per heavy atom. The highest BCUT2D eigenvalue weighted by atomic mass is 16.5. The van der Waals surface area contributed by atoms with Crippen molar-refractivity contribution in [3.8, 4) is 0 Å². The molecule has 4 heteroatoms. The average Bonchev–Trinajstić information content (AvgIpc) is 2.43. The van der Waals surface area contributed by atoms with Crippen LogP contribution in [-0.2, 0) is 16.1 Å². The minimum Gasteiger partial charge on any atom is -0.460 e. The van der Waals surface area contributed by atoms with Crippen molar-refractivity contribution in [3.63, 3.8) is 0 Å². The summed E-state index contributed by atoms with van der Waals surface area (Å²) in [5, 5.41) is 9.28. The van der Waals surface area contributed by atoms with Gasteiger partial charge in [0.1, 0.15) is 12.6 Å². The van der Waals surface area contributed by atoms with E-state index in [0.717, 1.165) is 5.56 Å².